The van der Waals surface area contributed by atoms with E-state index in [1.165, 1.54) is 6.08 Å². The second-order valence-electron chi connectivity index (χ2n) is 5.38. The number of rotatable bonds is 9. The van der Waals surface area contributed by atoms with Crippen LogP contribution in [0.5, 0.6) is 0 Å². The van der Waals surface area contributed by atoms with Gasteiger partial charge in [0.25, 0.3) is 0 Å². The van der Waals surface area contributed by atoms with E-state index in [0.29, 0.717) is 18.4 Å². The highest BCUT2D eigenvalue weighted by Crippen LogP contribution is 2.12. The Labute approximate surface area is 140 Å². The Hall–Kier alpha value is -2.77. The summed E-state index contributed by atoms with van der Waals surface area (Å²) in [4.78, 5) is 26.5. The molecule has 0 bridgehead atoms. The minimum absolute atomic E-state index is 0.0104. The number of carbonyl (C=O) groups is 1. The zero-order valence-electron chi connectivity index (χ0n) is 13.8. The standard InChI is InChI=1S/C16H22N4O4/c1-3-5-15(20(23)24)12(2)8-14(19-22)11-18-16(21)9-13-6-4-7-17-10-13/h4,6-8,10,15,22H,3,5,9,11H2,1-2H3,(H,18,21). The van der Waals surface area contributed by atoms with Crippen molar-refractivity contribution in [1.29, 1.82) is 0 Å². The molecule has 0 aliphatic carbocycles. The largest absolute Gasteiger partial charge is 0.411 e. The highest BCUT2D eigenvalue weighted by molar-refractivity contribution is 5.98. The number of nitrogens with one attached hydrogen (secondary N) is 1. The van der Waals surface area contributed by atoms with Crippen molar-refractivity contribution in [3.05, 3.63) is 51.9 Å². The smallest absolute Gasteiger partial charge is 0.234 e. The van der Waals surface area contributed by atoms with E-state index in [2.05, 4.69) is 15.5 Å². The van der Waals surface area contributed by atoms with Crippen LogP contribution in [0.3, 0.4) is 0 Å². The maximum Gasteiger partial charge on any atom is 0.234 e. The summed E-state index contributed by atoms with van der Waals surface area (Å²) in [6.07, 6.45) is 5.88. The Bertz CT molecular complexity index is 614. The zero-order chi connectivity index (χ0) is 17.9. The van der Waals surface area contributed by atoms with Gasteiger partial charge in [0.1, 0.15) is 0 Å². The summed E-state index contributed by atoms with van der Waals surface area (Å²) in [6.45, 7) is 3.47. The van der Waals surface area contributed by atoms with Gasteiger partial charge in [0.15, 0.2) is 0 Å². The molecule has 0 spiro atoms. The predicted molar refractivity (Wildman–Crippen MR) is 89.6 cm³/mol. The van der Waals surface area contributed by atoms with Crippen molar-refractivity contribution < 1.29 is 14.9 Å². The quantitative estimate of drug-likeness (QED) is 0.310. The molecular formula is C16H22N4O4. The van der Waals surface area contributed by atoms with Crippen molar-refractivity contribution in [3.8, 4) is 0 Å². The Morgan fingerprint density at radius 1 is 1.58 bits per heavy atom. The van der Waals surface area contributed by atoms with Crippen molar-refractivity contribution in [3.63, 3.8) is 0 Å². The van der Waals surface area contributed by atoms with E-state index in [4.69, 9.17) is 5.21 Å². The number of amides is 1. The van der Waals surface area contributed by atoms with Gasteiger partial charge in [-0.2, -0.15) is 0 Å². The number of nitro groups is 1. The number of oxime groups is 1. The Morgan fingerprint density at radius 2 is 2.33 bits per heavy atom. The van der Waals surface area contributed by atoms with Crippen LogP contribution in [0.2, 0.25) is 0 Å². The summed E-state index contributed by atoms with van der Waals surface area (Å²) in [5.74, 6) is -0.255. The van der Waals surface area contributed by atoms with Gasteiger partial charge in [-0.15, -0.1) is 0 Å². The predicted octanol–water partition coefficient (Wildman–Crippen LogP) is 1.96. The number of nitrogens with zero attached hydrogens (tertiary/aromatic N) is 3. The molecule has 0 saturated carbocycles. The molecule has 0 aromatic carbocycles. The van der Waals surface area contributed by atoms with Crippen molar-refractivity contribution in [2.75, 3.05) is 6.54 Å². The van der Waals surface area contributed by atoms with Crippen LogP contribution in [-0.2, 0) is 11.2 Å². The van der Waals surface area contributed by atoms with Gasteiger partial charge < -0.3 is 10.5 Å². The van der Waals surface area contributed by atoms with E-state index >= 15 is 0 Å². The Morgan fingerprint density at radius 3 is 2.88 bits per heavy atom. The Kier molecular flexibility index (Phi) is 8.10. The number of aromatic nitrogens is 1. The summed E-state index contributed by atoms with van der Waals surface area (Å²) >= 11 is 0. The van der Waals surface area contributed by atoms with Crippen LogP contribution >= 0.6 is 0 Å². The third-order valence-electron chi connectivity index (χ3n) is 3.42. The van der Waals surface area contributed by atoms with Crippen molar-refractivity contribution in [2.45, 2.75) is 39.2 Å². The molecule has 8 nitrogen and oxygen atoms in total. The molecule has 1 atom stereocenters. The van der Waals surface area contributed by atoms with Gasteiger partial charge in [-0.25, -0.2) is 0 Å². The van der Waals surface area contributed by atoms with Gasteiger partial charge in [0, 0.05) is 29.3 Å². The minimum atomic E-state index is -0.821. The lowest BCUT2D eigenvalue weighted by molar-refractivity contribution is -0.512. The van der Waals surface area contributed by atoms with Gasteiger partial charge in [-0.3, -0.25) is 19.9 Å². The van der Waals surface area contributed by atoms with Crippen LogP contribution < -0.4 is 5.32 Å². The molecule has 2 N–H and O–H groups in total. The maximum absolute atomic E-state index is 11.9. The normalized spacial score (nSPS) is 13.4. The molecule has 1 heterocycles. The number of pyridine rings is 1. The Balaban J connectivity index is 2.62. The fraction of sp³-hybridized carbons (Fsp3) is 0.438. The van der Waals surface area contributed by atoms with Gasteiger partial charge in [0.2, 0.25) is 11.9 Å². The van der Waals surface area contributed by atoms with Crippen molar-refractivity contribution in [2.24, 2.45) is 5.16 Å². The van der Waals surface area contributed by atoms with E-state index in [1.807, 2.05) is 6.92 Å². The number of hydrogen-bond donors (Lipinski definition) is 2. The van der Waals surface area contributed by atoms with Crippen LogP contribution in [0.15, 0.2) is 41.3 Å². The van der Waals surface area contributed by atoms with Crippen LogP contribution in [0.4, 0.5) is 0 Å². The molecule has 0 fully saturated rings. The monoisotopic (exact) mass is 334 g/mol. The third kappa shape index (κ3) is 6.55. The van der Waals surface area contributed by atoms with Crippen LogP contribution in [0.1, 0.15) is 32.3 Å². The molecule has 24 heavy (non-hydrogen) atoms. The molecule has 0 radical (unpaired) electrons. The summed E-state index contributed by atoms with van der Waals surface area (Å²) < 4.78 is 0. The average molecular weight is 334 g/mol. The van der Waals surface area contributed by atoms with Crippen molar-refractivity contribution in [1.82, 2.24) is 10.3 Å². The summed E-state index contributed by atoms with van der Waals surface area (Å²) in [7, 11) is 0. The number of carbonyl (C=O) groups excluding carboxylic acids is 1. The van der Waals surface area contributed by atoms with Crippen LogP contribution in [0, 0.1) is 10.1 Å². The molecule has 0 aliphatic heterocycles. The van der Waals surface area contributed by atoms with E-state index in [1.54, 1.807) is 31.5 Å². The van der Waals surface area contributed by atoms with Crippen LogP contribution in [-0.4, -0.2) is 39.3 Å². The number of hydrogen-bond acceptors (Lipinski definition) is 6. The SMILES string of the molecule is CCCC(C(C)=CC(CNC(=O)Cc1cccnc1)=NO)[N+](=O)[O-]. The molecule has 1 rings (SSSR count). The van der Waals surface area contributed by atoms with E-state index < -0.39 is 6.04 Å². The third-order valence-corrected chi connectivity index (χ3v) is 3.42. The summed E-state index contributed by atoms with van der Waals surface area (Å²) in [6, 6.07) is 2.70. The molecule has 130 valence electrons. The first-order valence-corrected chi connectivity index (χ1v) is 7.66. The fourth-order valence-corrected chi connectivity index (χ4v) is 2.19. The second-order valence-corrected chi connectivity index (χ2v) is 5.38. The van der Waals surface area contributed by atoms with Crippen molar-refractivity contribution >= 4 is 11.6 Å². The molecule has 1 aromatic rings. The first kappa shape index (κ1) is 19.3. The lowest BCUT2D eigenvalue weighted by atomic mass is 10.0. The highest BCUT2D eigenvalue weighted by atomic mass is 16.6. The molecule has 1 amide bonds. The summed E-state index contributed by atoms with van der Waals surface area (Å²) in [5.41, 5.74) is 1.41. The minimum Gasteiger partial charge on any atom is -0.411 e. The van der Waals surface area contributed by atoms with E-state index in [-0.39, 0.29) is 29.5 Å². The first-order valence-electron chi connectivity index (χ1n) is 7.66. The van der Waals surface area contributed by atoms with Gasteiger partial charge in [-0.1, -0.05) is 18.1 Å². The molecule has 1 aromatic heterocycles. The highest BCUT2D eigenvalue weighted by Gasteiger charge is 2.21. The fourth-order valence-electron chi connectivity index (χ4n) is 2.19. The lowest BCUT2D eigenvalue weighted by Crippen LogP contribution is -2.31. The van der Waals surface area contributed by atoms with Gasteiger partial charge in [0.05, 0.1) is 18.7 Å². The molecule has 0 saturated heterocycles. The molecule has 8 heteroatoms. The lowest BCUT2D eigenvalue weighted by Gasteiger charge is -2.10. The topological polar surface area (TPSA) is 118 Å². The molecule has 1 unspecified atom stereocenters. The van der Waals surface area contributed by atoms with E-state index in [0.717, 1.165) is 5.56 Å². The second kappa shape index (κ2) is 10.1. The maximum atomic E-state index is 11.9. The first-order chi connectivity index (χ1) is 11.5. The molecule has 0 aliphatic rings. The summed E-state index contributed by atoms with van der Waals surface area (Å²) in [5, 5.41) is 25.8. The van der Waals surface area contributed by atoms with Crippen LogP contribution in [0.25, 0.3) is 0 Å². The average Bonchev–Trinajstić information content (AvgIpc) is 2.56. The van der Waals surface area contributed by atoms with E-state index in [9.17, 15) is 14.9 Å². The molecular weight excluding hydrogens is 312 g/mol. The van der Waals surface area contributed by atoms with Gasteiger partial charge >= 0.3 is 0 Å². The van der Waals surface area contributed by atoms with Gasteiger partial charge in [-0.05, 0) is 31.1 Å². The zero-order valence-corrected chi connectivity index (χ0v) is 13.8.